The molecule has 0 unspecified atom stereocenters. The highest BCUT2D eigenvalue weighted by atomic mass is 16.2. The maximum atomic E-state index is 12.6. The lowest BCUT2D eigenvalue weighted by atomic mass is 9.89. The fraction of sp³-hybridized carbons (Fsp3) is 0.778. The van der Waals surface area contributed by atoms with Crippen molar-refractivity contribution >= 4 is 24.6 Å². The predicted octanol–water partition coefficient (Wildman–Crippen LogP) is -0.228. The Labute approximate surface area is 153 Å². The number of nitrogens with one attached hydrogen (secondary N) is 2. The smallest absolute Gasteiger partial charge is 0.243 e. The van der Waals surface area contributed by atoms with Crippen LogP contribution >= 0.6 is 0 Å². The summed E-state index contributed by atoms with van der Waals surface area (Å²) in [5.41, 5.74) is 0. The van der Waals surface area contributed by atoms with Crippen LogP contribution in [0.15, 0.2) is 0 Å². The van der Waals surface area contributed by atoms with Gasteiger partial charge in [0.25, 0.3) is 0 Å². The van der Waals surface area contributed by atoms with Crippen molar-refractivity contribution in [1.29, 1.82) is 0 Å². The molecule has 3 fully saturated rings. The lowest BCUT2D eigenvalue weighted by Crippen LogP contribution is -2.58. The van der Waals surface area contributed by atoms with Crippen LogP contribution < -0.4 is 10.6 Å². The monoisotopic (exact) mass is 364 g/mol. The molecule has 3 rings (SSSR count). The van der Waals surface area contributed by atoms with E-state index in [-0.39, 0.29) is 23.9 Å². The van der Waals surface area contributed by atoms with Gasteiger partial charge in [-0.25, -0.2) is 0 Å². The van der Waals surface area contributed by atoms with Crippen LogP contribution in [0.5, 0.6) is 0 Å². The lowest BCUT2D eigenvalue weighted by Gasteiger charge is -2.35. The average molecular weight is 364 g/mol. The van der Waals surface area contributed by atoms with Crippen LogP contribution in [0.4, 0.5) is 0 Å². The van der Waals surface area contributed by atoms with Gasteiger partial charge in [-0.3, -0.25) is 19.2 Å². The van der Waals surface area contributed by atoms with Gasteiger partial charge >= 0.3 is 0 Å². The maximum absolute atomic E-state index is 12.6. The normalized spacial score (nSPS) is 31.5. The number of hydrogen-bond acceptors (Lipinski definition) is 4. The minimum absolute atomic E-state index is 0.125. The molecule has 8 heteroatoms. The number of carbonyl (C=O) groups excluding carboxylic acids is 4. The van der Waals surface area contributed by atoms with E-state index in [4.69, 9.17) is 0 Å². The van der Waals surface area contributed by atoms with Crippen molar-refractivity contribution in [3.63, 3.8) is 0 Å². The molecule has 2 N–H and O–H groups in total. The second-order valence-electron chi connectivity index (χ2n) is 7.52. The summed E-state index contributed by atoms with van der Waals surface area (Å²) in [6.07, 6.45) is 8.16. The molecule has 1 aliphatic carbocycles. The molecule has 8 nitrogen and oxygen atoms in total. The Bertz CT molecular complexity index is 507. The van der Waals surface area contributed by atoms with E-state index in [0.717, 1.165) is 51.3 Å². The van der Waals surface area contributed by atoms with E-state index in [1.54, 1.807) is 9.80 Å². The fourth-order valence-electron chi connectivity index (χ4n) is 4.43. The zero-order valence-corrected chi connectivity index (χ0v) is 15.1. The second-order valence-corrected chi connectivity index (χ2v) is 7.52. The molecule has 144 valence electrons. The molecule has 2 aliphatic heterocycles. The molecule has 0 aromatic heterocycles. The standard InChI is InChI=1S/C18H28N4O4/c23-11-21-9-3-7-15(21)17(25)19-13-5-1-2-6-14(13)20-18(26)16-8-4-10-22(16)12-24/h11-16H,1-10H2,(H,19,25)(H,20,26)/t13-,14-,15-,16-/m1/s1. The molecule has 2 heterocycles. The zero-order chi connectivity index (χ0) is 18.5. The molecular formula is C18H28N4O4. The SMILES string of the molecule is O=CN1CCC[C@@H]1C(=O)N[C@@H]1CCCC[C@H]1NC(=O)[C@H]1CCCN1C=O. The van der Waals surface area contributed by atoms with Gasteiger partial charge < -0.3 is 20.4 Å². The fourth-order valence-corrected chi connectivity index (χ4v) is 4.43. The van der Waals surface area contributed by atoms with Crippen LogP contribution in [-0.2, 0) is 19.2 Å². The summed E-state index contributed by atoms with van der Waals surface area (Å²) in [5.74, 6) is -0.257. The first-order chi connectivity index (χ1) is 12.6. The Hall–Kier alpha value is -2.12. The summed E-state index contributed by atoms with van der Waals surface area (Å²) in [6.45, 7) is 1.24. The lowest BCUT2D eigenvalue weighted by molar-refractivity contribution is -0.133. The van der Waals surface area contributed by atoms with Crippen LogP contribution in [0, 0.1) is 0 Å². The van der Waals surface area contributed by atoms with Crippen molar-refractivity contribution in [3.05, 3.63) is 0 Å². The summed E-state index contributed by atoms with van der Waals surface area (Å²) in [5, 5.41) is 6.12. The number of nitrogens with zero attached hydrogens (tertiary/aromatic N) is 2. The van der Waals surface area contributed by atoms with E-state index in [1.807, 2.05) is 0 Å². The Balaban J connectivity index is 1.59. The minimum Gasteiger partial charge on any atom is -0.350 e. The summed E-state index contributed by atoms with van der Waals surface area (Å²) in [7, 11) is 0. The summed E-state index contributed by atoms with van der Waals surface area (Å²) in [6, 6.07) is -1.04. The van der Waals surface area contributed by atoms with Crippen molar-refractivity contribution in [2.45, 2.75) is 75.5 Å². The Morgan fingerprint density at radius 3 is 1.50 bits per heavy atom. The molecular weight excluding hydrogens is 336 g/mol. The molecule has 1 saturated carbocycles. The van der Waals surface area contributed by atoms with Gasteiger partial charge in [-0.05, 0) is 38.5 Å². The van der Waals surface area contributed by atoms with E-state index in [9.17, 15) is 19.2 Å². The number of amides is 4. The minimum atomic E-state index is -0.397. The summed E-state index contributed by atoms with van der Waals surface area (Å²) < 4.78 is 0. The number of hydrogen-bond donors (Lipinski definition) is 2. The number of likely N-dealkylation sites (tertiary alicyclic amines) is 2. The predicted molar refractivity (Wildman–Crippen MR) is 93.9 cm³/mol. The molecule has 0 spiro atoms. The molecule has 3 aliphatic rings. The third-order valence-corrected chi connectivity index (χ3v) is 5.89. The van der Waals surface area contributed by atoms with Crippen molar-refractivity contribution in [2.24, 2.45) is 0 Å². The van der Waals surface area contributed by atoms with Gasteiger partial charge in [0, 0.05) is 25.2 Å². The van der Waals surface area contributed by atoms with Gasteiger partial charge in [0.1, 0.15) is 12.1 Å². The van der Waals surface area contributed by atoms with Gasteiger partial charge in [0.05, 0.1) is 0 Å². The quantitative estimate of drug-likeness (QED) is 0.636. The van der Waals surface area contributed by atoms with E-state index in [0.29, 0.717) is 25.9 Å². The van der Waals surface area contributed by atoms with Crippen molar-refractivity contribution < 1.29 is 19.2 Å². The first-order valence-corrected chi connectivity index (χ1v) is 9.67. The third-order valence-electron chi connectivity index (χ3n) is 5.89. The Morgan fingerprint density at radius 2 is 1.12 bits per heavy atom. The molecule has 0 aromatic rings. The van der Waals surface area contributed by atoms with Crippen LogP contribution in [0.25, 0.3) is 0 Å². The zero-order valence-electron chi connectivity index (χ0n) is 15.1. The van der Waals surface area contributed by atoms with Crippen molar-refractivity contribution in [3.8, 4) is 0 Å². The van der Waals surface area contributed by atoms with Crippen molar-refractivity contribution in [1.82, 2.24) is 20.4 Å². The molecule has 4 amide bonds. The van der Waals surface area contributed by atoms with Gasteiger partial charge in [0.2, 0.25) is 24.6 Å². The highest BCUT2D eigenvalue weighted by Gasteiger charge is 2.36. The molecule has 26 heavy (non-hydrogen) atoms. The molecule has 0 radical (unpaired) electrons. The largest absolute Gasteiger partial charge is 0.350 e. The van der Waals surface area contributed by atoms with Gasteiger partial charge in [-0.2, -0.15) is 0 Å². The number of carbonyl (C=O) groups is 4. The Morgan fingerprint density at radius 1 is 0.692 bits per heavy atom. The first-order valence-electron chi connectivity index (χ1n) is 9.67. The first kappa shape index (κ1) is 18.7. The van der Waals surface area contributed by atoms with E-state index < -0.39 is 12.1 Å². The van der Waals surface area contributed by atoms with Crippen LogP contribution in [-0.4, -0.2) is 71.7 Å². The molecule has 0 bridgehead atoms. The van der Waals surface area contributed by atoms with E-state index >= 15 is 0 Å². The highest BCUT2D eigenvalue weighted by molar-refractivity contribution is 5.85. The van der Waals surface area contributed by atoms with Gasteiger partial charge in [0.15, 0.2) is 0 Å². The van der Waals surface area contributed by atoms with Crippen molar-refractivity contribution in [2.75, 3.05) is 13.1 Å². The molecule has 0 aromatic carbocycles. The number of rotatable bonds is 6. The topological polar surface area (TPSA) is 98.8 Å². The van der Waals surface area contributed by atoms with Crippen LogP contribution in [0.1, 0.15) is 51.4 Å². The van der Waals surface area contributed by atoms with E-state index in [2.05, 4.69) is 10.6 Å². The van der Waals surface area contributed by atoms with E-state index in [1.165, 1.54) is 0 Å². The molecule has 2 saturated heterocycles. The Kier molecular flexibility index (Phi) is 6.11. The third kappa shape index (κ3) is 3.99. The van der Waals surface area contributed by atoms with Crippen LogP contribution in [0.3, 0.4) is 0 Å². The average Bonchev–Trinajstić information content (AvgIpc) is 3.32. The second kappa shape index (κ2) is 8.51. The highest BCUT2D eigenvalue weighted by Crippen LogP contribution is 2.22. The molecule has 4 atom stereocenters. The summed E-state index contributed by atoms with van der Waals surface area (Å²) >= 11 is 0. The summed E-state index contributed by atoms with van der Waals surface area (Å²) in [4.78, 5) is 50.4. The van der Waals surface area contributed by atoms with Crippen LogP contribution in [0.2, 0.25) is 0 Å². The van der Waals surface area contributed by atoms with Gasteiger partial charge in [-0.1, -0.05) is 12.8 Å². The maximum Gasteiger partial charge on any atom is 0.243 e. The van der Waals surface area contributed by atoms with Gasteiger partial charge in [-0.15, -0.1) is 0 Å².